The van der Waals surface area contributed by atoms with Gasteiger partial charge in [-0.25, -0.2) is 0 Å². The van der Waals surface area contributed by atoms with E-state index in [4.69, 9.17) is 9.84 Å². The van der Waals surface area contributed by atoms with Crippen LogP contribution in [-0.2, 0) is 16.1 Å². The number of ether oxygens (including phenoxy) is 1. The predicted molar refractivity (Wildman–Crippen MR) is 72.5 cm³/mol. The molecule has 0 aliphatic carbocycles. The molecule has 6 heteroatoms. The molecule has 1 saturated heterocycles. The Kier molecular flexibility index (Phi) is 4.57. The Morgan fingerprint density at radius 1 is 1.55 bits per heavy atom. The van der Waals surface area contributed by atoms with Gasteiger partial charge < -0.3 is 15.2 Å². The third-order valence-electron chi connectivity index (χ3n) is 3.33. The lowest BCUT2D eigenvalue weighted by Crippen LogP contribution is -2.55. The number of carboxylic acids is 1. The zero-order valence-electron chi connectivity index (χ0n) is 11.3. The number of carbonyl (C=O) groups is 2. The number of hydrogen-bond donors (Lipinski definition) is 2. The fourth-order valence-corrected chi connectivity index (χ4v) is 2.34. The normalized spacial score (nSPS) is 19.4. The maximum Gasteiger partial charge on any atom is 0.305 e. The molecule has 0 bridgehead atoms. The molecule has 1 fully saturated rings. The summed E-state index contributed by atoms with van der Waals surface area (Å²) in [6.45, 7) is 1.71. The second-order valence-electron chi connectivity index (χ2n) is 4.73. The lowest BCUT2D eigenvalue weighted by molar-refractivity contribution is -0.143. The Balaban J connectivity index is 2.11. The third kappa shape index (κ3) is 3.48. The number of amides is 1. The minimum Gasteiger partial charge on any atom is -0.497 e. The van der Waals surface area contributed by atoms with Gasteiger partial charge in [0.1, 0.15) is 11.8 Å². The number of nitrogens with one attached hydrogen (secondary N) is 1. The van der Waals surface area contributed by atoms with Gasteiger partial charge in [0.15, 0.2) is 0 Å². The molecule has 0 spiro atoms. The first kappa shape index (κ1) is 14.3. The van der Waals surface area contributed by atoms with Gasteiger partial charge in [0, 0.05) is 19.6 Å². The van der Waals surface area contributed by atoms with Crippen LogP contribution in [0.2, 0.25) is 0 Å². The number of carbonyl (C=O) groups excluding carboxylic acids is 1. The van der Waals surface area contributed by atoms with Gasteiger partial charge >= 0.3 is 5.97 Å². The highest BCUT2D eigenvalue weighted by atomic mass is 16.5. The minimum atomic E-state index is -0.970. The molecule has 0 unspecified atom stereocenters. The molecule has 0 radical (unpaired) electrons. The van der Waals surface area contributed by atoms with Crippen LogP contribution in [0.5, 0.6) is 5.75 Å². The SMILES string of the molecule is COc1cccc(CN2CCNC(=O)[C@H]2CC(=O)O)c1. The molecule has 6 nitrogen and oxygen atoms in total. The number of piperazine rings is 1. The fourth-order valence-electron chi connectivity index (χ4n) is 2.34. The van der Waals surface area contributed by atoms with Crippen molar-refractivity contribution in [3.05, 3.63) is 29.8 Å². The molecule has 1 aromatic rings. The van der Waals surface area contributed by atoms with Crippen LogP contribution < -0.4 is 10.1 Å². The van der Waals surface area contributed by atoms with Crippen LogP contribution in [0.15, 0.2) is 24.3 Å². The van der Waals surface area contributed by atoms with E-state index in [-0.39, 0.29) is 12.3 Å². The first-order valence-electron chi connectivity index (χ1n) is 6.46. The number of aliphatic carboxylic acids is 1. The van der Waals surface area contributed by atoms with Crippen molar-refractivity contribution in [3.63, 3.8) is 0 Å². The first-order valence-corrected chi connectivity index (χ1v) is 6.46. The molecule has 20 heavy (non-hydrogen) atoms. The summed E-state index contributed by atoms with van der Waals surface area (Å²) in [5.41, 5.74) is 0.995. The molecular formula is C14H18N2O4. The molecule has 1 amide bonds. The number of methoxy groups -OCH3 is 1. The summed E-state index contributed by atoms with van der Waals surface area (Å²) < 4.78 is 5.16. The predicted octanol–water partition coefficient (Wildman–Crippen LogP) is 0.470. The van der Waals surface area contributed by atoms with Crippen LogP contribution >= 0.6 is 0 Å². The van der Waals surface area contributed by atoms with Crippen LogP contribution in [-0.4, -0.2) is 48.1 Å². The van der Waals surface area contributed by atoms with Crippen molar-refractivity contribution in [2.75, 3.05) is 20.2 Å². The molecule has 2 rings (SSSR count). The number of carboxylic acid groups (broad SMARTS) is 1. The summed E-state index contributed by atoms with van der Waals surface area (Å²) >= 11 is 0. The first-order chi connectivity index (χ1) is 9.60. The average molecular weight is 278 g/mol. The topological polar surface area (TPSA) is 78.9 Å². The molecule has 1 heterocycles. The van der Waals surface area contributed by atoms with E-state index in [0.717, 1.165) is 11.3 Å². The Labute approximate surface area is 117 Å². The number of benzene rings is 1. The Hall–Kier alpha value is -2.08. The van der Waals surface area contributed by atoms with E-state index in [1.54, 1.807) is 7.11 Å². The number of nitrogens with zero attached hydrogens (tertiary/aromatic N) is 1. The molecule has 1 aliphatic rings. The zero-order valence-corrected chi connectivity index (χ0v) is 11.3. The smallest absolute Gasteiger partial charge is 0.305 e. The van der Waals surface area contributed by atoms with Crippen molar-refractivity contribution in [3.8, 4) is 5.75 Å². The summed E-state index contributed by atoms with van der Waals surface area (Å²) in [4.78, 5) is 24.6. The van der Waals surface area contributed by atoms with Crippen molar-refractivity contribution in [2.24, 2.45) is 0 Å². The summed E-state index contributed by atoms with van der Waals surface area (Å²) in [7, 11) is 1.60. The van der Waals surface area contributed by atoms with E-state index >= 15 is 0 Å². The van der Waals surface area contributed by atoms with E-state index in [1.807, 2.05) is 29.2 Å². The van der Waals surface area contributed by atoms with Crippen LogP contribution in [0, 0.1) is 0 Å². The lowest BCUT2D eigenvalue weighted by atomic mass is 10.1. The van der Waals surface area contributed by atoms with Gasteiger partial charge in [-0.3, -0.25) is 14.5 Å². The zero-order chi connectivity index (χ0) is 14.5. The lowest BCUT2D eigenvalue weighted by Gasteiger charge is -2.34. The van der Waals surface area contributed by atoms with Gasteiger partial charge in [-0.1, -0.05) is 12.1 Å². The fraction of sp³-hybridized carbons (Fsp3) is 0.429. The minimum absolute atomic E-state index is 0.185. The van der Waals surface area contributed by atoms with Gasteiger partial charge in [-0.15, -0.1) is 0 Å². The van der Waals surface area contributed by atoms with E-state index < -0.39 is 12.0 Å². The quantitative estimate of drug-likeness (QED) is 0.818. The standard InChI is InChI=1S/C14H18N2O4/c1-20-11-4-2-3-10(7-11)9-16-6-5-15-14(19)12(16)8-13(17)18/h2-4,7,12H,5-6,8-9H2,1H3,(H,15,19)(H,17,18)/t12-/m1/s1. The highest BCUT2D eigenvalue weighted by molar-refractivity contribution is 5.86. The highest BCUT2D eigenvalue weighted by Gasteiger charge is 2.31. The van der Waals surface area contributed by atoms with Gasteiger partial charge in [0.25, 0.3) is 0 Å². The third-order valence-corrected chi connectivity index (χ3v) is 3.33. The average Bonchev–Trinajstić information content (AvgIpc) is 2.42. The van der Waals surface area contributed by atoms with Crippen molar-refractivity contribution in [2.45, 2.75) is 19.0 Å². The summed E-state index contributed by atoms with van der Waals surface area (Å²) in [5, 5.41) is 11.6. The Bertz CT molecular complexity index is 504. The second-order valence-corrected chi connectivity index (χ2v) is 4.73. The largest absolute Gasteiger partial charge is 0.497 e. The van der Waals surface area contributed by atoms with Crippen molar-refractivity contribution < 1.29 is 19.4 Å². The van der Waals surface area contributed by atoms with Gasteiger partial charge in [0.05, 0.1) is 13.5 Å². The molecule has 0 saturated carbocycles. The Morgan fingerprint density at radius 2 is 2.35 bits per heavy atom. The van der Waals surface area contributed by atoms with Crippen molar-refractivity contribution in [1.29, 1.82) is 0 Å². The molecule has 1 atom stereocenters. The monoisotopic (exact) mass is 278 g/mol. The molecular weight excluding hydrogens is 260 g/mol. The molecule has 1 aliphatic heterocycles. The van der Waals surface area contributed by atoms with Crippen LogP contribution in [0.3, 0.4) is 0 Å². The number of hydrogen-bond acceptors (Lipinski definition) is 4. The van der Waals surface area contributed by atoms with Gasteiger partial charge in [-0.05, 0) is 17.7 Å². The van der Waals surface area contributed by atoms with Crippen LogP contribution in [0.1, 0.15) is 12.0 Å². The summed E-state index contributed by atoms with van der Waals surface area (Å²) in [6.07, 6.45) is -0.185. The van der Waals surface area contributed by atoms with Crippen molar-refractivity contribution in [1.82, 2.24) is 10.2 Å². The van der Waals surface area contributed by atoms with Crippen LogP contribution in [0.4, 0.5) is 0 Å². The van der Waals surface area contributed by atoms with Crippen molar-refractivity contribution >= 4 is 11.9 Å². The maximum atomic E-state index is 11.8. The molecule has 108 valence electrons. The van der Waals surface area contributed by atoms with Gasteiger partial charge in [0.2, 0.25) is 5.91 Å². The number of rotatable bonds is 5. The van der Waals surface area contributed by atoms with E-state index in [1.165, 1.54) is 0 Å². The summed E-state index contributed by atoms with van der Waals surface area (Å²) in [5.74, 6) is -0.442. The van der Waals surface area contributed by atoms with E-state index in [9.17, 15) is 9.59 Å². The molecule has 1 aromatic carbocycles. The highest BCUT2D eigenvalue weighted by Crippen LogP contribution is 2.17. The second kappa shape index (κ2) is 6.38. The maximum absolute atomic E-state index is 11.8. The molecule has 0 aromatic heterocycles. The van der Waals surface area contributed by atoms with Crippen LogP contribution in [0.25, 0.3) is 0 Å². The van der Waals surface area contributed by atoms with E-state index in [0.29, 0.717) is 19.6 Å². The summed E-state index contributed by atoms with van der Waals surface area (Å²) in [6, 6.07) is 6.94. The van der Waals surface area contributed by atoms with E-state index in [2.05, 4.69) is 5.32 Å². The molecule has 2 N–H and O–H groups in total. The Morgan fingerprint density at radius 3 is 3.05 bits per heavy atom. The van der Waals surface area contributed by atoms with Gasteiger partial charge in [-0.2, -0.15) is 0 Å².